The van der Waals surface area contributed by atoms with Crippen LogP contribution >= 0.6 is 0 Å². The molecule has 1 atom stereocenters. The lowest BCUT2D eigenvalue weighted by molar-refractivity contribution is -0.117. The number of likely N-dealkylation sites (N-methyl/N-ethyl adjacent to an activating group) is 1. The smallest absolute Gasteiger partial charge is 0.261 e. The second-order valence-electron chi connectivity index (χ2n) is 9.57. The number of methoxy groups -OCH3 is 1. The van der Waals surface area contributed by atoms with Gasteiger partial charge in [0.25, 0.3) is 8.32 Å². The van der Waals surface area contributed by atoms with Gasteiger partial charge in [0.1, 0.15) is 0 Å². The Morgan fingerprint density at radius 2 is 1.53 bits per heavy atom. The lowest BCUT2D eigenvalue weighted by atomic mass is 10.1. The van der Waals surface area contributed by atoms with Crippen molar-refractivity contribution in [1.29, 1.82) is 0 Å². The molecule has 0 aliphatic rings. The van der Waals surface area contributed by atoms with Crippen LogP contribution in [0.1, 0.15) is 34.1 Å². The highest BCUT2D eigenvalue weighted by molar-refractivity contribution is 6.99. The highest BCUT2D eigenvalue weighted by Gasteiger charge is 2.51. The molecule has 4 nitrogen and oxygen atoms in total. The quantitative estimate of drug-likeness (QED) is 0.359. The summed E-state index contributed by atoms with van der Waals surface area (Å²) in [6.07, 6.45) is 0.0595. The van der Waals surface area contributed by atoms with E-state index in [9.17, 15) is 4.79 Å². The van der Waals surface area contributed by atoms with Crippen molar-refractivity contribution in [1.82, 2.24) is 4.90 Å². The number of carbonyl (C=O) groups excluding carboxylic acids is 1. The number of carbonyl (C=O) groups is 1. The van der Waals surface area contributed by atoms with E-state index < -0.39 is 8.32 Å². The summed E-state index contributed by atoms with van der Waals surface area (Å²) in [6, 6.07) is 21.1. The van der Waals surface area contributed by atoms with Gasteiger partial charge in [0.05, 0.1) is 12.7 Å². The Hall–Kier alpha value is -2.05. The number of nitrogens with zero attached hydrogens (tertiary/aromatic N) is 1. The first-order chi connectivity index (χ1) is 15.1. The molecule has 0 aliphatic carbocycles. The van der Waals surface area contributed by atoms with Gasteiger partial charge in [-0.25, -0.2) is 0 Å². The first-order valence-corrected chi connectivity index (χ1v) is 13.2. The normalized spacial score (nSPS) is 13.2. The van der Waals surface area contributed by atoms with Gasteiger partial charge in [0, 0.05) is 26.6 Å². The van der Waals surface area contributed by atoms with Crippen molar-refractivity contribution in [3.8, 4) is 0 Å². The van der Waals surface area contributed by atoms with Crippen LogP contribution in [-0.4, -0.2) is 59.0 Å². The topological polar surface area (TPSA) is 38.8 Å². The Morgan fingerprint density at radius 3 is 1.94 bits per heavy atom. The fourth-order valence-electron chi connectivity index (χ4n) is 4.15. The molecule has 2 aromatic rings. The molecule has 174 valence electrons. The van der Waals surface area contributed by atoms with E-state index in [1.807, 2.05) is 19.2 Å². The zero-order chi connectivity index (χ0) is 23.8. The summed E-state index contributed by atoms with van der Waals surface area (Å²) in [4.78, 5) is 14.9. The van der Waals surface area contributed by atoms with E-state index in [0.29, 0.717) is 25.1 Å². The number of Topliss-reactive ketones (excluding diaryl/α,β-unsaturated/α-hetero) is 1. The minimum absolute atomic E-state index is 0.0491. The molecule has 0 spiro atoms. The molecule has 0 aromatic heterocycles. The number of ketones is 1. The van der Waals surface area contributed by atoms with Gasteiger partial charge in [-0.1, -0.05) is 88.0 Å². The number of hydrogen-bond donors (Lipinski definition) is 0. The third-order valence-electron chi connectivity index (χ3n) is 5.84. The molecule has 0 radical (unpaired) electrons. The summed E-state index contributed by atoms with van der Waals surface area (Å²) in [5.74, 6) is 0.0491. The van der Waals surface area contributed by atoms with E-state index in [-0.39, 0.29) is 16.9 Å². The van der Waals surface area contributed by atoms with Crippen molar-refractivity contribution in [3.05, 3.63) is 72.8 Å². The van der Waals surface area contributed by atoms with Crippen LogP contribution in [-0.2, 0) is 14.0 Å². The van der Waals surface area contributed by atoms with Gasteiger partial charge in [-0.3, -0.25) is 4.79 Å². The zero-order valence-electron chi connectivity index (χ0n) is 20.6. The van der Waals surface area contributed by atoms with Crippen molar-refractivity contribution in [2.45, 2.75) is 45.3 Å². The van der Waals surface area contributed by atoms with Crippen LogP contribution in [0.5, 0.6) is 0 Å². The fourth-order valence-corrected chi connectivity index (χ4v) is 8.82. The van der Waals surface area contributed by atoms with E-state index in [1.165, 1.54) is 10.4 Å². The molecular formula is C27H39NO3Si. The SMILES string of the molecule is C=C(C)C(=O)CC(CN(C)CCOC)O[Si](c1ccccc1)(c1ccccc1)C(C)(C)C. The molecule has 5 heteroatoms. The minimum Gasteiger partial charge on any atom is -0.403 e. The molecule has 0 aliphatic heterocycles. The van der Waals surface area contributed by atoms with Crippen LogP contribution in [0.25, 0.3) is 0 Å². The lowest BCUT2D eigenvalue weighted by Crippen LogP contribution is -2.68. The van der Waals surface area contributed by atoms with Crippen LogP contribution in [0, 0.1) is 0 Å². The molecule has 0 N–H and O–H groups in total. The number of ether oxygens (including phenoxy) is 1. The highest BCUT2D eigenvalue weighted by atomic mass is 28.4. The van der Waals surface area contributed by atoms with Crippen LogP contribution in [0.2, 0.25) is 5.04 Å². The van der Waals surface area contributed by atoms with Crippen molar-refractivity contribution < 1.29 is 14.0 Å². The van der Waals surface area contributed by atoms with E-state index in [4.69, 9.17) is 9.16 Å². The lowest BCUT2D eigenvalue weighted by Gasteiger charge is -2.45. The van der Waals surface area contributed by atoms with Crippen molar-refractivity contribution >= 4 is 24.5 Å². The second kappa shape index (κ2) is 11.7. The van der Waals surface area contributed by atoms with Crippen LogP contribution < -0.4 is 10.4 Å². The maximum absolute atomic E-state index is 12.8. The molecule has 2 rings (SSSR count). The van der Waals surface area contributed by atoms with E-state index in [2.05, 4.69) is 80.8 Å². The van der Waals surface area contributed by atoms with Crippen LogP contribution in [0.15, 0.2) is 72.8 Å². The average Bonchev–Trinajstić information content (AvgIpc) is 2.76. The van der Waals surface area contributed by atoms with Gasteiger partial charge in [0.15, 0.2) is 5.78 Å². The van der Waals surface area contributed by atoms with Crippen molar-refractivity contribution in [2.24, 2.45) is 0 Å². The van der Waals surface area contributed by atoms with E-state index in [0.717, 1.165) is 6.54 Å². The molecule has 0 saturated carbocycles. The fraction of sp³-hybridized carbons (Fsp3) is 0.444. The first-order valence-electron chi connectivity index (χ1n) is 11.3. The van der Waals surface area contributed by atoms with Gasteiger partial charge < -0.3 is 14.1 Å². The van der Waals surface area contributed by atoms with E-state index in [1.54, 1.807) is 14.0 Å². The molecule has 2 aromatic carbocycles. The second-order valence-corrected chi connectivity index (χ2v) is 13.8. The molecular weight excluding hydrogens is 414 g/mol. The van der Waals surface area contributed by atoms with Crippen LogP contribution in [0.3, 0.4) is 0 Å². The minimum atomic E-state index is -2.75. The highest BCUT2D eigenvalue weighted by Crippen LogP contribution is 2.38. The number of hydrogen-bond acceptors (Lipinski definition) is 4. The monoisotopic (exact) mass is 453 g/mol. The van der Waals surface area contributed by atoms with E-state index >= 15 is 0 Å². The predicted octanol–water partition coefficient (Wildman–Crippen LogP) is 4.05. The van der Waals surface area contributed by atoms with Gasteiger partial charge in [-0.2, -0.15) is 0 Å². The molecule has 0 amide bonds. The maximum atomic E-state index is 12.8. The summed E-state index contributed by atoms with van der Waals surface area (Å²) < 4.78 is 12.5. The number of rotatable bonds is 12. The molecule has 0 bridgehead atoms. The van der Waals surface area contributed by atoms with Gasteiger partial charge in [-0.05, 0) is 35.0 Å². The Bertz CT molecular complexity index is 822. The number of benzene rings is 2. The molecule has 0 fully saturated rings. The Morgan fingerprint density at radius 1 is 1.03 bits per heavy atom. The third kappa shape index (κ3) is 6.48. The first kappa shape index (κ1) is 26.2. The zero-order valence-corrected chi connectivity index (χ0v) is 21.6. The van der Waals surface area contributed by atoms with Gasteiger partial charge >= 0.3 is 0 Å². The van der Waals surface area contributed by atoms with Crippen molar-refractivity contribution in [2.75, 3.05) is 33.9 Å². The standard InChI is InChI=1S/C27H39NO3Si/c1-22(2)26(29)20-23(21-28(6)18-19-30-7)31-32(27(3,4)5,24-14-10-8-11-15-24)25-16-12-9-13-17-25/h8-17,23H,1,18-21H2,2-7H3. The maximum Gasteiger partial charge on any atom is 0.261 e. The summed E-state index contributed by atoms with van der Waals surface area (Å²) in [6.45, 7) is 14.5. The summed E-state index contributed by atoms with van der Waals surface area (Å²) >= 11 is 0. The summed E-state index contributed by atoms with van der Waals surface area (Å²) in [7, 11) is 0.999. The van der Waals surface area contributed by atoms with Crippen molar-refractivity contribution in [3.63, 3.8) is 0 Å². The molecule has 32 heavy (non-hydrogen) atoms. The summed E-state index contributed by atoms with van der Waals surface area (Å²) in [5.41, 5.74) is 0.570. The Balaban J connectivity index is 2.58. The Labute approximate surface area is 195 Å². The van der Waals surface area contributed by atoms with Gasteiger partial charge in [0.2, 0.25) is 0 Å². The number of allylic oxidation sites excluding steroid dienone is 1. The Kier molecular flexibility index (Phi) is 9.58. The predicted molar refractivity (Wildman–Crippen MR) is 136 cm³/mol. The van der Waals surface area contributed by atoms with Crippen LogP contribution in [0.4, 0.5) is 0 Å². The largest absolute Gasteiger partial charge is 0.403 e. The molecule has 1 unspecified atom stereocenters. The molecule has 0 heterocycles. The average molecular weight is 454 g/mol. The molecule has 0 saturated heterocycles. The summed E-state index contributed by atoms with van der Waals surface area (Å²) in [5, 5.41) is 2.28. The van der Waals surface area contributed by atoms with Gasteiger partial charge in [-0.15, -0.1) is 0 Å². The third-order valence-corrected chi connectivity index (χ3v) is 10.9.